The normalized spacial score (nSPS) is 25.4. The Balaban J connectivity index is 2.18. The highest BCUT2D eigenvalue weighted by Crippen LogP contribution is 2.41. The van der Waals surface area contributed by atoms with Crippen molar-refractivity contribution in [3.8, 4) is 0 Å². The van der Waals surface area contributed by atoms with E-state index in [0.717, 1.165) is 0 Å². The summed E-state index contributed by atoms with van der Waals surface area (Å²) in [7, 11) is -1.73. The second-order valence-corrected chi connectivity index (χ2v) is 7.14. The van der Waals surface area contributed by atoms with Gasteiger partial charge in [-0.15, -0.1) is 0 Å². The Morgan fingerprint density at radius 2 is 1.67 bits per heavy atom. The average molecular weight is 353 g/mol. The van der Waals surface area contributed by atoms with Gasteiger partial charge in [-0.2, -0.15) is 13.2 Å². The molecule has 24 heavy (non-hydrogen) atoms. The predicted molar refractivity (Wildman–Crippen MR) is 77.8 cm³/mol. The van der Waals surface area contributed by atoms with Crippen LogP contribution in [0.2, 0.25) is 0 Å². The molecule has 0 radical (unpaired) electrons. The van der Waals surface area contributed by atoms with Crippen molar-refractivity contribution < 1.29 is 36.8 Å². The van der Waals surface area contributed by atoms with Crippen molar-refractivity contribution in [3.05, 3.63) is 11.3 Å². The number of carboxylic acids is 1. The lowest BCUT2D eigenvalue weighted by Gasteiger charge is -2.37. The van der Waals surface area contributed by atoms with Gasteiger partial charge in [0.05, 0.1) is 22.7 Å². The molecule has 0 amide bonds. The number of rotatable bonds is 4. The molecule has 0 atom stereocenters. The van der Waals surface area contributed by atoms with Crippen molar-refractivity contribution >= 4 is 13.1 Å². The molecule has 2 saturated heterocycles. The third kappa shape index (κ3) is 3.60. The zero-order valence-electron chi connectivity index (χ0n) is 13.9. The summed E-state index contributed by atoms with van der Waals surface area (Å²) in [6.45, 7) is 5.61. The number of carboxylic acid groups (broad SMARTS) is 1. The first-order chi connectivity index (χ1) is 10.7. The molecule has 0 aliphatic carbocycles. The first kappa shape index (κ1) is 19.2. The van der Waals surface area contributed by atoms with Gasteiger partial charge in [-0.25, -0.2) is 4.39 Å². The van der Waals surface area contributed by atoms with Gasteiger partial charge in [0.2, 0.25) is 0 Å². The van der Waals surface area contributed by atoms with Crippen molar-refractivity contribution in [1.82, 2.24) is 4.90 Å². The van der Waals surface area contributed by atoms with Crippen LogP contribution in [0.15, 0.2) is 11.3 Å². The van der Waals surface area contributed by atoms with Crippen molar-refractivity contribution in [1.29, 1.82) is 0 Å². The molecule has 0 unspecified atom stereocenters. The van der Waals surface area contributed by atoms with E-state index in [-0.39, 0.29) is 13.1 Å². The van der Waals surface area contributed by atoms with Crippen LogP contribution in [0.25, 0.3) is 0 Å². The Labute approximate surface area is 137 Å². The molecule has 0 saturated carbocycles. The third-order valence-corrected chi connectivity index (χ3v) is 4.78. The highest BCUT2D eigenvalue weighted by molar-refractivity contribution is 6.53. The minimum atomic E-state index is -4.90. The molecule has 2 heterocycles. The van der Waals surface area contributed by atoms with Crippen LogP contribution in [0.3, 0.4) is 0 Å². The average Bonchev–Trinajstić information content (AvgIpc) is 2.54. The van der Waals surface area contributed by atoms with Crippen LogP contribution in [0, 0.1) is 5.92 Å². The fraction of sp³-hybridized carbons (Fsp3) is 0.786. The van der Waals surface area contributed by atoms with Gasteiger partial charge in [0, 0.05) is 19.6 Å². The topological polar surface area (TPSA) is 59.0 Å². The van der Waals surface area contributed by atoms with Crippen molar-refractivity contribution in [2.75, 3.05) is 19.6 Å². The van der Waals surface area contributed by atoms with E-state index in [1.807, 2.05) is 0 Å². The molecule has 10 heteroatoms. The molecule has 2 aliphatic heterocycles. The molecule has 0 spiro atoms. The summed E-state index contributed by atoms with van der Waals surface area (Å²) in [4.78, 5) is 11.9. The first-order valence-electron chi connectivity index (χ1n) is 7.51. The number of aliphatic carboxylic acids is 1. The first-order valence-corrected chi connectivity index (χ1v) is 7.51. The van der Waals surface area contributed by atoms with Crippen LogP contribution >= 0.6 is 0 Å². The van der Waals surface area contributed by atoms with E-state index in [1.54, 1.807) is 27.7 Å². The predicted octanol–water partition coefficient (Wildman–Crippen LogP) is 2.42. The van der Waals surface area contributed by atoms with E-state index in [0.29, 0.717) is 0 Å². The van der Waals surface area contributed by atoms with Gasteiger partial charge in [0.15, 0.2) is 0 Å². The molecule has 136 valence electrons. The molecule has 0 aromatic carbocycles. The second kappa shape index (κ2) is 6.00. The van der Waals surface area contributed by atoms with Gasteiger partial charge >= 0.3 is 19.3 Å². The van der Waals surface area contributed by atoms with E-state index >= 15 is 0 Å². The largest absolute Gasteiger partial charge is 0.525 e. The number of halogens is 4. The lowest BCUT2D eigenvalue weighted by molar-refractivity contribution is -0.147. The molecule has 2 aliphatic rings. The molecular weight excluding hydrogens is 333 g/mol. The highest BCUT2D eigenvalue weighted by atomic mass is 19.4. The summed E-state index contributed by atoms with van der Waals surface area (Å²) in [6.07, 6.45) is -4.90. The van der Waals surface area contributed by atoms with E-state index in [9.17, 15) is 22.4 Å². The summed E-state index contributed by atoms with van der Waals surface area (Å²) < 4.78 is 64.9. The van der Waals surface area contributed by atoms with E-state index in [1.165, 1.54) is 4.90 Å². The lowest BCUT2D eigenvalue weighted by atomic mass is 9.83. The molecule has 0 bridgehead atoms. The Hall–Kier alpha value is -1.13. The van der Waals surface area contributed by atoms with Crippen molar-refractivity contribution in [3.63, 3.8) is 0 Å². The number of alkyl halides is 3. The van der Waals surface area contributed by atoms with E-state index in [2.05, 4.69) is 0 Å². The summed E-state index contributed by atoms with van der Waals surface area (Å²) in [5, 5.41) is 8.77. The van der Waals surface area contributed by atoms with Crippen molar-refractivity contribution in [2.45, 2.75) is 45.1 Å². The summed E-state index contributed by atoms with van der Waals surface area (Å²) in [6, 6.07) is 0. The maximum absolute atomic E-state index is 14.5. The number of nitrogens with zero attached hydrogens (tertiary/aromatic N) is 1. The van der Waals surface area contributed by atoms with Gasteiger partial charge in [0.25, 0.3) is 0 Å². The zero-order chi connectivity index (χ0) is 18.5. The fourth-order valence-electron chi connectivity index (χ4n) is 2.47. The van der Waals surface area contributed by atoms with Crippen LogP contribution in [-0.4, -0.2) is 60.1 Å². The molecule has 1 N–H and O–H groups in total. The zero-order valence-corrected chi connectivity index (χ0v) is 13.9. The SMILES string of the molecule is CC1(C)OB(C(F)=C(CN2CC(C(=O)O)C2)C(F)(F)F)OC1(C)C. The number of carbonyl (C=O) groups is 1. The number of hydrogen-bond acceptors (Lipinski definition) is 4. The second-order valence-electron chi connectivity index (χ2n) is 7.14. The molecule has 5 nitrogen and oxygen atoms in total. The van der Waals surface area contributed by atoms with Gasteiger partial charge < -0.3 is 14.4 Å². The summed E-state index contributed by atoms with van der Waals surface area (Å²) in [5.41, 5.74) is -4.84. The Kier molecular flexibility index (Phi) is 4.80. The third-order valence-electron chi connectivity index (χ3n) is 4.78. The van der Waals surface area contributed by atoms with Crippen LogP contribution < -0.4 is 0 Å². The number of hydrogen-bond donors (Lipinski definition) is 1. The Bertz CT molecular complexity index is 539. The van der Waals surface area contributed by atoms with Gasteiger partial charge in [-0.05, 0) is 27.7 Å². The quantitative estimate of drug-likeness (QED) is 0.622. The minimum Gasteiger partial charge on any atom is -0.481 e. The van der Waals surface area contributed by atoms with Crippen LogP contribution in [0.5, 0.6) is 0 Å². The molecule has 0 aromatic rings. The number of likely N-dealkylation sites (tertiary alicyclic amines) is 1. The standard InChI is InChI=1S/C14H20BF4NO4/c1-12(2)13(3,4)24-15(23-12)10(16)9(14(17,18)19)7-20-5-8(6-20)11(21)22/h8H,5-7H2,1-4H3,(H,21,22). The molecular formula is C14H20BF4NO4. The van der Waals surface area contributed by atoms with Crippen LogP contribution in [0.4, 0.5) is 17.6 Å². The summed E-state index contributed by atoms with van der Waals surface area (Å²) in [5.74, 6) is -1.80. The molecule has 2 fully saturated rings. The Morgan fingerprint density at radius 3 is 2.04 bits per heavy atom. The van der Waals surface area contributed by atoms with Gasteiger partial charge in [0.1, 0.15) is 5.73 Å². The van der Waals surface area contributed by atoms with E-state index in [4.69, 9.17) is 14.4 Å². The van der Waals surface area contributed by atoms with Gasteiger partial charge in [-0.1, -0.05) is 0 Å². The summed E-state index contributed by atoms with van der Waals surface area (Å²) >= 11 is 0. The molecule has 0 aromatic heterocycles. The van der Waals surface area contributed by atoms with Crippen LogP contribution in [0.1, 0.15) is 27.7 Å². The maximum Gasteiger partial charge on any atom is 0.525 e. The van der Waals surface area contributed by atoms with Crippen LogP contribution in [-0.2, 0) is 14.1 Å². The molecule has 2 rings (SSSR count). The van der Waals surface area contributed by atoms with Gasteiger partial charge in [-0.3, -0.25) is 9.69 Å². The minimum absolute atomic E-state index is 0.0500. The van der Waals surface area contributed by atoms with Crippen molar-refractivity contribution in [2.24, 2.45) is 5.92 Å². The lowest BCUT2D eigenvalue weighted by Crippen LogP contribution is -2.52. The monoisotopic (exact) mass is 353 g/mol. The van der Waals surface area contributed by atoms with E-state index < -0.39 is 54.2 Å². The Morgan fingerprint density at radius 1 is 1.21 bits per heavy atom. The fourth-order valence-corrected chi connectivity index (χ4v) is 2.47. The maximum atomic E-state index is 14.5. The highest BCUT2D eigenvalue weighted by Gasteiger charge is 2.55. The smallest absolute Gasteiger partial charge is 0.481 e.